The molecule has 0 aromatic rings. The summed E-state index contributed by atoms with van der Waals surface area (Å²) >= 11 is 0. The van der Waals surface area contributed by atoms with Gasteiger partial charge in [0.25, 0.3) is 0 Å². The first-order valence-electron chi connectivity index (χ1n) is 9.86. The van der Waals surface area contributed by atoms with E-state index in [0.717, 1.165) is 32.1 Å². The zero-order valence-electron chi connectivity index (χ0n) is 16.1. The minimum absolute atomic E-state index is 0.0469. The van der Waals surface area contributed by atoms with Crippen LogP contribution in [0.2, 0.25) is 0 Å². The van der Waals surface area contributed by atoms with E-state index < -0.39 is 0 Å². The smallest absolute Gasteiger partial charge is 0.229 e. The molecule has 4 bridgehead atoms. The van der Waals surface area contributed by atoms with E-state index in [0.29, 0.717) is 30.8 Å². The van der Waals surface area contributed by atoms with Gasteiger partial charge in [0.15, 0.2) is 0 Å². The highest BCUT2D eigenvalue weighted by molar-refractivity contribution is 5.84. The quantitative estimate of drug-likeness (QED) is 0.834. The molecule has 5 heteroatoms. The van der Waals surface area contributed by atoms with Crippen LogP contribution in [0.25, 0.3) is 0 Å². The van der Waals surface area contributed by atoms with Crippen molar-refractivity contribution in [2.75, 3.05) is 13.1 Å². The molecule has 5 fully saturated rings. The summed E-state index contributed by atoms with van der Waals surface area (Å²) in [6, 6.07) is 0. The van der Waals surface area contributed by atoms with Gasteiger partial charge in [-0.3, -0.25) is 9.59 Å². The summed E-state index contributed by atoms with van der Waals surface area (Å²) < 4.78 is 5.99. The van der Waals surface area contributed by atoms with Crippen LogP contribution in [-0.2, 0) is 14.3 Å². The topological polar surface area (TPSA) is 58.6 Å². The highest BCUT2D eigenvalue weighted by atomic mass is 16.5. The number of ether oxygens (including phenoxy) is 1. The zero-order valence-corrected chi connectivity index (χ0v) is 16.1. The van der Waals surface area contributed by atoms with Crippen LogP contribution in [0.4, 0.5) is 0 Å². The van der Waals surface area contributed by atoms with Crippen molar-refractivity contribution >= 4 is 11.8 Å². The Kier molecular flexibility index (Phi) is 3.77. The minimum Gasteiger partial charge on any atom is -0.369 e. The van der Waals surface area contributed by atoms with Crippen LogP contribution in [0.3, 0.4) is 0 Å². The second-order valence-corrected chi connectivity index (χ2v) is 10.1. The first kappa shape index (κ1) is 17.3. The van der Waals surface area contributed by atoms with Gasteiger partial charge in [-0.25, -0.2) is 0 Å². The van der Waals surface area contributed by atoms with Crippen LogP contribution < -0.4 is 5.32 Å². The third kappa shape index (κ3) is 2.98. The molecule has 1 aliphatic heterocycles. The predicted molar refractivity (Wildman–Crippen MR) is 94.9 cm³/mol. The van der Waals surface area contributed by atoms with Crippen molar-refractivity contribution in [3.63, 3.8) is 0 Å². The normalized spacial score (nSPS) is 44.6. The summed E-state index contributed by atoms with van der Waals surface area (Å²) in [6.45, 7) is 9.16. The molecule has 1 heterocycles. The molecule has 1 N–H and O–H groups in total. The molecule has 3 atom stereocenters. The first-order valence-corrected chi connectivity index (χ1v) is 9.86. The lowest BCUT2D eigenvalue weighted by molar-refractivity contribution is -0.181. The van der Waals surface area contributed by atoms with Gasteiger partial charge in [0.2, 0.25) is 11.8 Å². The average Bonchev–Trinajstić information content (AvgIpc) is 2.41. The number of carbonyl (C=O) groups is 2. The van der Waals surface area contributed by atoms with Crippen LogP contribution in [-0.4, -0.2) is 47.0 Å². The monoisotopic (exact) mass is 348 g/mol. The Labute approximate surface area is 150 Å². The van der Waals surface area contributed by atoms with Gasteiger partial charge in [0.1, 0.15) is 0 Å². The SMILES string of the molecule is CC(=O)NC12CC3CC(C1)CC(C(=O)N1CC(C)OC(C)(C)C1)(C3)C2. The fraction of sp³-hybridized carbons (Fsp3) is 0.900. The summed E-state index contributed by atoms with van der Waals surface area (Å²) in [5, 5.41) is 3.26. The first-order chi connectivity index (χ1) is 11.6. The standard InChI is InChI=1S/C20H32N2O3/c1-13-10-22(12-18(3,4)25-13)17(24)19-6-15-5-16(7-19)9-20(8-15,11-19)21-14(2)23/h13,15-16H,5-12H2,1-4H3,(H,21,23). The van der Waals surface area contributed by atoms with Crippen molar-refractivity contribution in [2.45, 2.75) is 83.5 Å². The molecule has 4 aliphatic carbocycles. The number of morpholine rings is 1. The molecule has 5 rings (SSSR count). The van der Waals surface area contributed by atoms with E-state index >= 15 is 0 Å². The number of carbonyl (C=O) groups excluding carboxylic acids is 2. The lowest BCUT2D eigenvalue weighted by Gasteiger charge is -2.62. The highest BCUT2D eigenvalue weighted by Crippen LogP contribution is 2.62. The van der Waals surface area contributed by atoms with E-state index in [-0.39, 0.29) is 28.6 Å². The third-order valence-corrected chi connectivity index (χ3v) is 6.81. The van der Waals surface area contributed by atoms with Crippen LogP contribution in [0.5, 0.6) is 0 Å². The average molecular weight is 348 g/mol. The van der Waals surface area contributed by atoms with Crippen molar-refractivity contribution in [2.24, 2.45) is 17.3 Å². The Morgan fingerprint density at radius 3 is 2.32 bits per heavy atom. The van der Waals surface area contributed by atoms with E-state index in [9.17, 15) is 9.59 Å². The number of hydrogen-bond donors (Lipinski definition) is 1. The van der Waals surface area contributed by atoms with E-state index in [1.807, 2.05) is 0 Å². The molecular formula is C20H32N2O3. The molecule has 5 aliphatic rings. The molecule has 2 amide bonds. The van der Waals surface area contributed by atoms with E-state index in [1.54, 1.807) is 6.92 Å². The Hall–Kier alpha value is -1.10. The molecule has 0 aromatic carbocycles. The third-order valence-electron chi connectivity index (χ3n) is 6.81. The lowest BCUT2D eigenvalue weighted by atomic mass is 9.46. The van der Waals surface area contributed by atoms with Gasteiger partial charge in [-0.1, -0.05) is 0 Å². The molecule has 3 unspecified atom stereocenters. The van der Waals surface area contributed by atoms with Gasteiger partial charge < -0.3 is 15.0 Å². The maximum Gasteiger partial charge on any atom is 0.229 e. The summed E-state index contributed by atoms with van der Waals surface area (Å²) in [4.78, 5) is 27.5. The zero-order chi connectivity index (χ0) is 18.0. The largest absolute Gasteiger partial charge is 0.369 e. The van der Waals surface area contributed by atoms with Gasteiger partial charge in [0.05, 0.1) is 17.1 Å². The highest BCUT2D eigenvalue weighted by Gasteiger charge is 2.61. The van der Waals surface area contributed by atoms with E-state index in [2.05, 4.69) is 31.0 Å². The van der Waals surface area contributed by atoms with Crippen molar-refractivity contribution < 1.29 is 14.3 Å². The van der Waals surface area contributed by atoms with Crippen LogP contribution in [0.15, 0.2) is 0 Å². The molecule has 0 aromatic heterocycles. The van der Waals surface area contributed by atoms with Gasteiger partial charge >= 0.3 is 0 Å². The second-order valence-electron chi connectivity index (χ2n) is 10.1. The van der Waals surface area contributed by atoms with E-state index in [4.69, 9.17) is 4.74 Å². The molecule has 5 nitrogen and oxygen atoms in total. The van der Waals surface area contributed by atoms with Gasteiger partial charge in [-0.05, 0) is 71.1 Å². The fourth-order valence-corrected chi connectivity index (χ4v) is 6.98. The van der Waals surface area contributed by atoms with Crippen LogP contribution in [0.1, 0.15) is 66.2 Å². The summed E-state index contributed by atoms with van der Waals surface area (Å²) in [7, 11) is 0. The number of hydrogen-bond acceptors (Lipinski definition) is 3. The number of amides is 2. The van der Waals surface area contributed by atoms with Crippen LogP contribution >= 0.6 is 0 Å². The molecule has 0 radical (unpaired) electrons. The van der Waals surface area contributed by atoms with Crippen molar-refractivity contribution in [3.05, 3.63) is 0 Å². The van der Waals surface area contributed by atoms with Crippen molar-refractivity contribution in [1.29, 1.82) is 0 Å². The fourth-order valence-electron chi connectivity index (χ4n) is 6.98. The molecule has 4 saturated carbocycles. The molecular weight excluding hydrogens is 316 g/mol. The van der Waals surface area contributed by atoms with Gasteiger partial charge in [-0.2, -0.15) is 0 Å². The Balaban J connectivity index is 1.61. The number of rotatable bonds is 2. The Morgan fingerprint density at radius 2 is 1.76 bits per heavy atom. The van der Waals surface area contributed by atoms with Crippen molar-refractivity contribution in [1.82, 2.24) is 10.2 Å². The van der Waals surface area contributed by atoms with Gasteiger partial charge in [-0.15, -0.1) is 0 Å². The second kappa shape index (κ2) is 5.45. The van der Waals surface area contributed by atoms with Crippen LogP contribution in [0, 0.1) is 17.3 Å². The minimum atomic E-state index is -0.287. The van der Waals surface area contributed by atoms with E-state index in [1.165, 1.54) is 6.42 Å². The maximum absolute atomic E-state index is 13.7. The summed E-state index contributed by atoms with van der Waals surface area (Å²) in [5.41, 5.74) is -0.691. The lowest BCUT2D eigenvalue weighted by Crippen LogP contribution is -2.67. The Bertz CT molecular complexity index is 586. The summed E-state index contributed by atoms with van der Waals surface area (Å²) in [6.07, 6.45) is 6.28. The van der Waals surface area contributed by atoms with Gasteiger partial charge in [0, 0.05) is 25.6 Å². The predicted octanol–water partition coefficient (Wildman–Crippen LogP) is 2.49. The Morgan fingerprint density at radius 1 is 1.12 bits per heavy atom. The molecule has 1 saturated heterocycles. The molecule has 140 valence electrons. The van der Waals surface area contributed by atoms with Crippen molar-refractivity contribution in [3.8, 4) is 0 Å². The number of nitrogens with zero attached hydrogens (tertiary/aromatic N) is 1. The number of nitrogens with one attached hydrogen (secondary N) is 1. The molecule has 25 heavy (non-hydrogen) atoms. The summed E-state index contributed by atoms with van der Waals surface area (Å²) in [5.74, 6) is 1.54. The molecule has 0 spiro atoms. The maximum atomic E-state index is 13.7.